The van der Waals surface area contributed by atoms with Gasteiger partial charge in [-0.15, -0.1) is 0 Å². The molecule has 0 aromatic carbocycles. The highest BCUT2D eigenvalue weighted by Crippen LogP contribution is 2.41. The first-order chi connectivity index (χ1) is 8.75. The van der Waals surface area contributed by atoms with Gasteiger partial charge in [0.1, 0.15) is 0 Å². The first-order valence-corrected chi connectivity index (χ1v) is 6.70. The summed E-state index contributed by atoms with van der Waals surface area (Å²) < 4.78 is 2.08. The van der Waals surface area contributed by atoms with Crippen molar-refractivity contribution in [3.8, 4) is 0 Å². The summed E-state index contributed by atoms with van der Waals surface area (Å²) in [5.74, 6) is -0.737. The van der Waals surface area contributed by atoms with Crippen LogP contribution in [-0.2, 0) is 11.3 Å². The fourth-order valence-electron chi connectivity index (χ4n) is 3.57. The second-order valence-corrected chi connectivity index (χ2v) is 5.37. The lowest BCUT2D eigenvalue weighted by Gasteiger charge is -2.22. The first kappa shape index (κ1) is 11.7. The van der Waals surface area contributed by atoms with Crippen LogP contribution < -0.4 is 0 Å². The van der Waals surface area contributed by atoms with Crippen molar-refractivity contribution in [2.75, 3.05) is 6.54 Å². The van der Waals surface area contributed by atoms with E-state index in [4.69, 9.17) is 0 Å². The van der Waals surface area contributed by atoms with E-state index in [2.05, 4.69) is 14.5 Å². The van der Waals surface area contributed by atoms with Crippen molar-refractivity contribution >= 4 is 5.97 Å². The van der Waals surface area contributed by atoms with Crippen LogP contribution in [0.15, 0.2) is 18.7 Å². The van der Waals surface area contributed by atoms with Crippen LogP contribution in [0.3, 0.4) is 0 Å². The highest BCUT2D eigenvalue weighted by molar-refractivity contribution is 5.71. The minimum absolute atomic E-state index is 0.128. The highest BCUT2D eigenvalue weighted by Gasteiger charge is 2.48. The average molecular weight is 249 g/mol. The molecule has 1 aromatic rings. The Bertz CT molecular complexity index is 418. The molecule has 1 aromatic heterocycles. The van der Waals surface area contributed by atoms with E-state index in [-0.39, 0.29) is 12.0 Å². The zero-order valence-corrected chi connectivity index (χ0v) is 10.4. The Labute approximate surface area is 106 Å². The molecule has 2 bridgehead atoms. The zero-order chi connectivity index (χ0) is 12.5. The van der Waals surface area contributed by atoms with Crippen molar-refractivity contribution in [1.29, 1.82) is 0 Å². The maximum Gasteiger partial charge on any atom is 0.308 e. The normalized spacial score (nSPS) is 31.0. The van der Waals surface area contributed by atoms with Crippen LogP contribution in [0.2, 0.25) is 0 Å². The summed E-state index contributed by atoms with van der Waals surface area (Å²) >= 11 is 0. The quantitative estimate of drug-likeness (QED) is 0.852. The molecule has 18 heavy (non-hydrogen) atoms. The SMILES string of the molecule is O=C(O)C1CC2CCC1N2CCCn1ccnc1. The summed E-state index contributed by atoms with van der Waals surface area (Å²) in [6.45, 7) is 1.98. The number of carboxylic acids is 1. The first-order valence-electron chi connectivity index (χ1n) is 6.70. The van der Waals surface area contributed by atoms with Crippen LogP contribution in [0.1, 0.15) is 25.7 Å². The number of carbonyl (C=O) groups is 1. The van der Waals surface area contributed by atoms with Crippen molar-refractivity contribution in [1.82, 2.24) is 14.5 Å². The molecule has 3 heterocycles. The Hall–Kier alpha value is -1.36. The predicted molar refractivity (Wildman–Crippen MR) is 66.1 cm³/mol. The van der Waals surface area contributed by atoms with E-state index in [1.807, 2.05) is 12.5 Å². The summed E-state index contributed by atoms with van der Waals surface area (Å²) in [6.07, 6.45) is 9.75. The summed E-state index contributed by atoms with van der Waals surface area (Å²) in [5.41, 5.74) is 0. The molecule has 2 saturated heterocycles. The summed E-state index contributed by atoms with van der Waals surface area (Å²) in [7, 11) is 0. The van der Waals surface area contributed by atoms with Crippen LogP contribution in [0.4, 0.5) is 0 Å². The van der Waals surface area contributed by atoms with Crippen molar-refractivity contribution in [3.63, 3.8) is 0 Å². The predicted octanol–water partition coefficient (Wildman–Crippen LogP) is 1.21. The third-order valence-electron chi connectivity index (χ3n) is 4.39. The number of carboxylic acid groups (broad SMARTS) is 1. The second kappa shape index (κ2) is 4.72. The Morgan fingerprint density at radius 3 is 2.94 bits per heavy atom. The van der Waals surface area contributed by atoms with E-state index in [1.165, 1.54) is 6.42 Å². The van der Waals surface area contributed by atoms with E-state index >= 15 is 0 Å². The summed E-state index contributed by atoms with van der Waals surface area (Å²) in [4.78, 5) is 17.6. The molecule has 3 rings (SSSR count). The number of nitrogens with zero attached hydrogens (tertiary/aromatic N) is 3. The number of aryl methyl sites for hydroxylation is 1. The van der Waals surface area contributed by atoms with Gasteiger partial charge in [0.2, 0.25) is 0 Å². The van der Waals surface area contributed by atoms with Crippen molar-refractivity contribution in [2.45, 2.75) is 44.3 Å². The Morgan fingerprint density at radius 1 is 1.39 bits per heavy atom. The van der Waals surface area contributed by atoms with E-state index in [0.29, 0.717) is 6.04 Å². The lowest BCUT2D eigenvalue weighted by Crippen LogP contribution is -2.34. The molecule has 98 valence electrons. The maximum atomic E-state index is 11.2. The van der Waals surface area contributed by atoms with Crippen molar-refractivity contribution < 1.29 is 9.90 Å². The lowest BCUT2D eigenvalue weighted by atomic mass is 9.89. The Morgan fingerprint density at radius 2 is 2.28 bits per heavy atom. The van der Waals surface area contributed by atoms with Gasteiger partial charge in [0.05, 0.1) is 12.2 Å². The standard InChI is InChI=1S/C13H19N3O2/c17-13(18)11-8-10-2-3-12(11)16(10)6-1-5-15-7-4-14-9-15/h4,7,9-12H,1-3,5-6,8H2,(H,17,18). The average Bonchev–Trinajstić information content (AvgIpc) is 3.05. The highest BCUT2D eigenvalue weighted by atomic mass is 16.4. The van der Waals surface area contributed by atoms with Gasteiger partial charge in [0.25, 0.3) is 0 Å². The van der Waals surface area contributed by atoms with Gasteiger partial charge >= 0.3 is 5.97 Å². The number of aliphatic carboxylic acids is 1. The monoisotopic (exact) mass is 249 g/mol. The fraction of sp³-hybridized carbons (Fsp3) is 0.692. The Balaban J connectivity index is 1.53. The molecule has 1 N–H and O–H groups in total. The molecule has 0 aliphatic carbocycles. The van der Waals surface area contributed by atoms with Crippen molar-refractivity contribution in [2.24, 2.45) is 5.92 Å². The van der Waals surface area contributed by atoms with Gasteiger partial charge in [-0.3, -0.25) is 9.69 Å². The van der Waals surface area contributed by atoms with E-state index in [9.17, 15) is 9.90 Å². The number of imidazole rings is 1. The van der Waals surface area contributed by atoms with E-state index < -0.39 is 5.97 Å². The molecule has 0 saturated carbocycles. The van der Waals surface area contributed by atoms with Gasteiger partial charge in [-0.2, -0.15) is 0 Å². The van der Waals surface area contributed by atoms with Crippen LogP contribution in [-0.4, -0.2) is 44.2 Å². The molecule has 0 radical (unpaired) electrons. The van der Waals surface area contributed by atoms with Gasteiger partial charge in [0, 0.05) is 37.6 Å². The fourth-order valence-corrected chi connectivity index (χ4v) is 3.57. The molecule has 5 nitrogen and oxygen atoms in total. The third kappa shape index (κ3) is 2.03. The van der Waals surface area contributed by atoms with Gasteiger partial charge in [0.15, 0.2) is 0 Å². The molecular weight excluding hydrogens is 230 g/mol. The largest absolute Gasteiger partial charge is 0.481 e. The van der Waals surface area contributed by atoms with E-state index in [0.717, 1.165) is 32.4 Å². The zero-order valence-electron chi connectivity index (χ0n) is 10.4. The van der Waals surface area contributed by atoms with Gasteiger partial charge in [-0.1, -0.05) is 0 Å². The van der Waals surface area contributed by atoms with Crippen molar-refractivity contribution in [3.05, 3.63) is 18.7 Å². The second-order valence-electron chi connectivity index (χ2n) is 5.37. The Kier molecular flexibility index (Phi) is 3.07. The number of fused-ring (bicyclic) bond motifs is 2. The van der Waals surface area contributed by atoms with Crippen LogP contribution in [0, 0.1) is 5.92 Å². The number of hydrogen-bond donors (Lipinski definition) is 1. The molecule has 3 atom stereocenters. The molecule has 0 amide bonds. The number of aromatic nitrogens is 2. The molecule has 2 aliphatic heterocycles. The number of hydrogen-bond acceptors (Lipinski definition) is 3. The van der Waals surface area contributed by atoms with Gasteiger partial charge in [-0.25, -0.2) is 4.98 Å². The summed E-state index contributed by atoms with van der Waals surface area (Å²) in [5, 5.41) is 9.19. The molecule has 3 unspecified atom stereocenters. The van der Waals surface area contributed by atoms with Crippen LogP contribution >= 0.6 is 0 Å². The molecular formula is C13H19N3O2. The van der Waals surface area contributed by atoms with Gasteiger partial charge < -0.3 is 9.67 Å². The maximum absolute atomic E-state index is 11.2. The molecule has 2 aliphatic rings. The smallest absolute Gasteiger partial charge is 0.308 e. The van der Waals surface area contributed by atoms with Gasteiger partial charge in [-0.05, 0) is 25.7 Å². The van der Waals surface area contributed by atoms with Crippen LogP contribution in [0.5, 0.6) is 0 Å². The van der Waals surface area contributed by atoms with E-state index in [1.54, 1.807) is 6.20 Å². The number of rotatable bonds is 5. The molecule has 0 spiro atoms. The third-order valence-corrected chi connectivity index (χ3v) is 4.39. The summed E-state index contributed by atoms with van der Waals surface area (Å²) in [6, 6.07) is 0.800. The van der Waals surface area contributed by atoms with Crippen LogP contribution in [0.25, 0.3) is 0 Å². The molecule has 5 heteroatoms. The topological polar surface area (TPSA) is 58.4 Å². The molecule has 2 fully saturated rings. The minimum Gasteiger partial charge on any atom is -0.481 e. The lowest BCUT2D eigenvalue weighted by molar-refractivity contribution is -0.142. The minimum atomic E-state index is -0.609.